The zero-order valence-corrected chi connectivity index (χ0v) is 11.3. The summed E-state index contributed by atoms with van der Waals surface area (Å²) in [7, 11) is 1.83. The van der Waals surface area contributed by atoms with Crippen LogP contribution in [0.25, 0.3) is 5.65 Å². The van der Waals surface area contributed by atoms with Crippen LogP contribution in [0.1, 0.15) is 29.5 Å². The van der Waals surface area contributed by atoms with Gasteiger partial charge < -0.3 is 10.6 Å². The average molecular weight is 259 g/mol. The van der Waals surface area contributed by atoms with Gasteiger partial charge in [-0.25, -0.2) is 9.50 Å². The molecule has 1 aliphatic carbocycles. The molecule has 6 heteroatoms. The second-order valence-corrected chi connectivity index (χ2v) is 5.12. The van der Waals surface area contributed by atoms with Gasteiger partial charge in [-0.2, -0.15) is 5.10 Å². The molecule has 1 saturated carbocycles. The molecule has 2 N–H and O–H groups in total. The summed E-state index contributed by atoms with van der Waals surface area (Å²) in [5.41, 5.74) is 2.85. The molecule has 0 saturated heterocycles. The summed E-state index contributed by atoms with van der Waals surface area (Å²) in [5.74, 6) is 0.465. The van der Waals surface area contributed by atoms with Crippen molar-refractivity contribution in [2.24, 2.45) is 5.92 Å². The molecule has 1 amide bonds. The molecular formula is C13H17N5O. The van der Waals surface area contributed by atoms with Gasteiger partial charge in [-0.15, -0.1) is 0 Å². The van der Waals surface area contributed by atoms with Crippen molar-refractivity contribution in [3.8, 4) is 0 Å². The van der Waals surface area contributed by atoms with E-state index in [4.69, 9.17) is 0 Å². The number of aryl methyl sites for hydroxylation is 1. The Hall–Kier alpha value is -2.11. The summed E-state index contributed by atoms with van der Waals surface area (Å²) in [5, 5.41) is 10.4. The molecule has 0 radical (unpaired) electrons. The Morgan fingerprint density at radius 3 is 2.89 bits per heavy atom. The highest BCUT2D eigenvalue weighted by Crippen LogP contribution is 2.29. The van der Waals surface area contributed by atoms with E-state index >= 15 is 0 Å². The summed E-state index contributed by atoms with van der Waals surface area (Å²) < 4.78 is 1.60. The van der Waals surface area contributed by atoms with E-state index in [9.17, 15) is 4.79 Å². The molecule has 0 aliphatic heterocycles. The molecule has 3 rings (SSSR count). The fourth-order valence-corrected chi connectivity index (χ4v) is 2.19. The molecule has 0 aromatic carbocycles. The quantitative estimate of drug-likeness (QED) is 0.869. The summed E-state index contributed by atoms with van der Waals surface area (Å²) in [4.78, 5) is 16.5. The standard InChI is InChI=1S/C13H17N5O/c1-7-4-9(7)16-13(19)11-6-15-12-10(14-3)5-8(2)17-18(11)12/h5-7,9,14H,4H2,1-3H3,(H,16,19)/t7-,9+/m0/s1. The van der Waals surface area contributed by atoms with Gasteiger partial charge in [-0.05, 0) is 25.3 Å². The fourth-order valence-electron chi connectivity index (χ4n) is 2.19. The minimum atomic E-state index is -0.109. The first-order valence-corrected chi connectivity index (χ1v) is 6.44. The zero-order valence-electron chi connectivity index (χ0n) is 11.3. The Balaban J connectivity index is 1.99. The predicted molar refractivity (Wildman–Crippen MR) is 72.3 cm³/mol. The van der Waals surface area contributed by atoms with Crippen molar-refractivity contribution in [1.29, 1.82) is 0 Å². The van der Waals surface area contributed by atoms with E-state index in [1.165, 1.54) is 0 Å². The van der Waals surface area contributed by atoms with Gasteiger partial charge in [0.15, 0.2) is 11.3 Å². The number of amides is 1. The van der Waals surface area contributed by atoms with E-state index in [2.05, 4.69) is 27.6 Å². The SMILES string of the molecule is CNc1cc(C)nn2c(C(=O)N[C@@H]3C[C@@H]3C)cnc12. The number of hydrogen-bond acceptors (Lipinski definition) is 4. The molecule has 0 spiro atoms. The Morgan fingerprint density at radius 2 is 2.26 bits per heavy atom. The minimum absolute atomic E-state index is 0.109. The van der Waals surface area contributed by atoms with Crippen LogP contribution in [-0.2, 0) is 0 Å². The van der Waals surface area contributed by atoms with E-state index < -0.39 is 0 Å². The van der Waals surface area contributed by atoms with Crippen molar-refractivity contribution in [2.45, 2.75) is 26.3 Å². The average Bonchev–Trinajstić information content (AvgIpc) is 2.90. The third-order valence-corrected chi connectivity index (χ3v) is 3.52. The molecule has 1 aliphatic rings. The Morgan fingerprint density at radius 1 is 1.53 bits per heavy atom. The number of imidazole rings is 1. The maximum atomic E-state index is 12.2. The highest BCUT2D eigenvalue weighted by Gasteiger charge is 2.34. The second-order valence-electron chi connectivity index (χ2n) is 5.12. The Bertz CT molecular complexity index is 648. The number of nitrogens with zero attached hydrogens (tertiary/aromatic N) is 3. The largest absolute Gasteiger partial charge is 0.385 e. The number of aromatic nitrogens is 3. The van der Waals surface area contributed by atoms with Crippen LogP contribution in [0, 0.1) is 12.8 Å². The van der Waals surface area contributed by atoms with Crippen LogP contribution in [0.5, 0.6) is 0 Å². The van der Waals surface area contributed by atoms with Crippen LogP contribution >= 0.6 is 0 Å². The number of carbonyl (C=O) groups excluding carboxylic acids is 1. The third-order valence-electron chi connectivity index (χ3n) is 3.52. The van der Waals surface area contributed by atoms with Crippen LogP contribution in [0.15, 0.2) is 12.3 Å². The molecule has 19 heavy (non-hydrogen) atoms. The number of carbonyl (C=O) groups is 1. The van der Waals surface area contributed by atoms with E-state index in [-0.39, 0.29) is 5.91 Å². The van der Waals surface area contributed by atoms with Crippen LogP contribution in [0.3, 0.4) is 0 Å². The number of nitrogens with one attached hydrogen (secondary N) is 2. The van der Waals surface area contributed by atoms with Gasteiger partial charge in [-0.3, -0.25) is 4.79 Å². The molecule has 2 atom stereocenters. The van der Waals surface area contributed by atoms with Gasteiger partial charge >= 0.3 is 0 Å². The number of fused-ring (bicyclic) bond motifs is 1. The highest BCUT2D eigenvalue weighted by molar-refractivity contribution is 5.94. The predicted octanol–water partition coefficient (Wildman–Crippen LogP) is 1.22. The maximum Gasteiger partial charge on any atom is 0.271 e. The van der Waals surface area contributed by atoms with E-state index in [0.717, 1.165) is 17.8 Å². The summed E-state index contributed by atoms with van der Waals surface area (Å²) in [6.45, 7) is 4.02. The zero-order chi connectivity index (χ0) is 13.6. The lowest BCUT2D eigenvalue weighted by Gasteiger charge is -2.06. The van der Waals surface area contributed by atoms with Crippen molar-refractivity contribution >= 4 is 17.2 Å². The van der Waals surface area contributed by atoms with Gasteiger partial charge in [0, 0.05) is 13.1 Å². The van der Waals surface area contributed by atoms with E-state index in [1.54, 1.807) is 10.7 Å². The number of rotatable bonds is 3. The Kier molecular flexibility index (Phi) is 2.66. The first-order valence-electron chi connectivity index (χ1n) is 6.44. The first kappa shape index (κ1) is 12.0. The van der Waals surface area contributed by atoms with Crippen LogP contribution < -0.4 is 10.6 Å². The van der Waals surface area contributed by atoms with Gasteiger partial charge in [0.05, 0.1) is 17.6 Å². The molecule has 1 fully saturated rings. The lowest BCUT2D eigenvalue weighted by molar-refractivity contribution is 0.0942. The molecular weight excluding hydrogens is 242 g/mol. The lowest BCUT2D eigenvalue weighted by atomic mass is 10.3. The summed E-state index contributed by atoms with van der Waals surface area (Å²) >= 11 is 0. The molecule has 2 heterocycles. The lowest BCUT2D eigenvalue weighted by Crippen LogP contribution is -2.28. The smallest absolute Gasteiger partial charge is 0.271 e. The van der Waals surface area contributed by atoms with Gasteiger partial charge in [-0.1, -0.05) is 6.92 Å². The monoisotopic (exact) mass is 259 g/mol. The normalized spacial score (nSPS) is 21.4. The third kappa shape index (κ3) is 2.03. The highest BCUT2D eigenvalue weighted by atomic mass is 16.2. The molecule has 100 valence electrons. The van der Waals surface area contributed by atoms with Crippen LogP contribution in [0.4, 0.5) is 5.69 Å². The number of hydrogen-bond donors (Lipinski definition) is 2. The van der Waals surface area contributed by atoms with Crippen molar-refractivity contribution in [3.63, 3.8) is 0 Å². The van der Waals surface area contributed by atoms with E-state index in [1.807, 2.05) is 20.0 Å². The summed E-state index contributed by atoms with van der Waals surface area (Å²) in [6.07, 6.45) is 2.63. The van der Waals surface area contributed by atoms with Gasteiger partial charge in [0.2, 0.25) is 0 Å². The Labute approximate surface area is 111 Å². The second kappa shape index (κ2) is 4.22. The van der Waals surface area contributed by atoms with Gasteiger partial charge in [0.1, 0.15) is 0 Å². The van der Waals surface area contributed by atoms with Gasteiger partial charge in [0.25, 0.3) is 5.91 Å². The van der Waals surface area contributed by atoms with Crippen molar-refractivity contribution < 1.29 is 4.79 Å². The molecule has 2 aromatic heterocycles. The van der Waals surface area contributed by atoms with Crippen molar-refractivity contribution in [1.82, 2.24) is 19.9 Å². The van der Waals surface area contributed by atoms with Crippen molar-refractivity contribution in [3.05, 3.63) is 23.7 Å². The molecule has 2 aromatic rings. The molecule has 0 bridgehead atoms. The van der Waals surface area contributed by atoms with Crippen molar-refractivity contribution in [2.75, 3.05) is 12.4 Å². The summed E-state index contributed by atoms with van der Waals surface area (Å²) in [6, 6.07) is 2.21. The maximum absolute atomic E-state index is 12.2. The van der Waals surface area contributed by atoms with E-state index in [0.29, 0.717) is 23.3 Å². The molecule has 6 nitrogen and oxygen atoms in total. The molecule has 0 unspecified atom stereocenters. The van der Waals surface area contributed by atoms with Crippen LogP contribution in [0.2, 0.25) is 0 Å². The van der Waals surface area contributed by atoms with Crippen LogP contribution in [-0.4, -0.2) is 33.6 Å². The minimum Gasteiger partial charge on any atom is -0.385 e. The first-order chi connectivity index (χ1) is 9.10. The fraction of sp³-hybridized carbons (Fsp3) is 0.462. The topological polar surface area (TPSA) is 71.3 Å². The number of anilines is 1.